The molecule has 3 nitrogen and oxygen atoms in total. The molecule has 72 valence electrons. The van der Waals surface area contributed by atoms with Crippen LogP contribution in [0.5, 0.6) is 0 Å². The van der Waals surface area contributed by atoms with Gasteiger partial charge in [-0.05, 0) is 18.4 Å². The number of carboxylic acids is 1. The van der Waals surface area contributed by atoms with Crippen LogP contribution in [-0.4, -0.2) is 21.8 Å². The van der Waals surface area contributed by atoms with E-state index in [1.807, 2.05) is 17.5 Å². The van der Waals surface area contributed by atoms with Gasteiger partial charge in [-0.3, -0.25) is 4.79 Å². The highest BCUT2D eigenvalue weighted by molar-refractivity contribution is 7.09. The molecule has 4 heteroatoms. The van der Waals surface area contributed by atoms with Crippen molar-refractivity contribution < 1.29 is 15.0 Å². The number of aliphatic carboxylic acids is 1. The minimum Gasteiger partial charge on any atom is -0.481 e. The Bertz CT molecular complexity index is 277. The summed E-state index contributed by atoms with van der Waals surface area (Å²) in [5.41, 5.74) is -1.14. The third kappa shape index (κ3) is 3.57. The van der Waals surface area contributed by atoms with Crippen molar-refractivity contribution in [1.82, 2.24) is 0 Å². The predicted molar refractivity (Wildman–Crippen MR) is 50.9 cm³/mol. The van der Waals surface area contributed by atoms with Crippen LogP contribution < -0.4 is 0 Å². The molecule has 0 radical (unpaired) electrons. The van der Waals surface area contributed by atoms with Crippen LogP contribution in [0.2, 0.25) is 0 Å². The maximum atomic E-state index is 10.4. The second kappa shape index (κ2) is 3.89. The Balaban J connectivity index is 2.56. The quantitative estimate of drug-likeness (QED) is 0.774. The van der Waals surface area contributed by atoms with E-state index < -0.39 is 11.6 Å². The molecule has 0 bridgehead atoms. The van der Waals surface area contributed by atoms with Gasteiger partial charge in [-0.2, -0.15) is 0 Å². The molecule has 0 aliphatic carbocycles. The molecule has 2 N–H and O–H groups in total. The van der Waals surface area contributed by atoms with E-state index >= 15 is 0 Å². The maximum Gasteiger partial charge on any atom is 0.306 e. The van der Waals surface area contributed by atoms with Crippen LogP contribution in [0.15, 0.2) is 17.5 Å². The zero-order valence-corrected chi connectivity index (χ0v) is 8.17. The number of rotatable bonds is 4. The van der Waals surface area contributed by atoms with Gasteiger partial charge in [-0.25, -0.2) is 0 Å². The van der Waals surface area contributed by atoms with Crippen LogP contribution in [0.25, 0.3) is 0 Å². The number of aliphatic hydroxyl groups is 1. The van der Waals surface area contributed by atoms with Crippen molar-refractivity contribution in [3.05, 3.63) is 22.4 Å². The largest absolute Gasteiger partial charge is 0.481 e. The fourth-order valence-electron chi connectivity index (χ4n) is 1.18. The molecule has 1 heterocycles. The van der Waals surface area contributed by atoms with Crippen LogP contribution in [0.4, 0.5) is 0 Å². The number of hydrogen-bond donors (Lipinski definition) is 2. The lowest BCUT2D eigenvalue weighted by molar-refractivity contribution is -0.141. The summed E-state index contributed by atoms with van der Waals surface area (Å²) < 4.78 is 0. The molecule has 0 aliphatic heterocycles. The van der Waals surface area contributed by atoms with Gasteiger partial charge in [0.25, 0.3) is 0 Å². The molecule has 1 unspecified atom stereocenters. The second-order valence-corrected chi connectivity index (χ2v) is 4.36. The SMILES string of the molecule is CC(O)(CC(=O)O)Cc1cccs1. The topological polar surface area (TPSA) is 57.5 Å². The smallest absolute Gasteiger partial charge is 0.306 e. The van der Waals surface area contributed by atoms with Gasteiger partial charge in [0.1, 0.15) is 0 Å². The molecule has 0 saturated carbocycles. The van der Waals surface area contributed by atoms with Crippen LogP contribution >= 0.6 is 11.3 Å². The van der Waals surface area contributed by atoms with Gasteiger partial charge in [-0.1, -0.05) is 6.07 Å². The Hall–Kier alpha value is -0.870. The highest BCUT2D eigenvalue weighted by Gasteiger charge is 2.24. The third-order valence-corrected chi connectivity index (χ3v) is 2.54. The molecule has 0 spiro atoms. The van der Waals surface area contributed by atoms with Crippen molar-refractivity contribution in [2.24, 2.45) is 0 Å². The number of carboxylic acid groups (broad SMARTS) is 1. The third-order valence-electron chi connectivity index (χ3n) is 1.67. The van der Waals surface area contributed by atoms with Crippen LogP contribution in [0.3, 0.4) is 0 Å². The molecule has 0 fully saturated rings. The number of thiophene rings is 1. The monoisotopic (exact) mass is 200 g/mol. The molecule has 1 rings (SSSR count). The summed E-state index contributed by atoms with van der Waals surface area (Å²) in [7, 11) is 0. The van der Waals surface area contributed by atoms with E-state index in [0.29, 0.717) is 6.42 Å². The molecule has 13 heavy (non-hydrogen) atoms. The predicted octanol–water partition coefficient (Wildman–Crippen LogP) is 1.52. The number of hydrogen-bond acceptors (Lipinski definition) is 3. The zero-order chi connectivity index (χ0) is 9.90. The first-order valence-electron chi connectivity index (χ1n) is 3.96. The van der Waals surface area contributed by atoms with Crippen molar-refractivity contribution >= 4 is 17.3 Å². The van der Waals surface area contributed by atoms with E-state index in [4.69, 9.17) is 5.11 Å². The van der Waals surface area contributed by atoms with Crippen LogP contribution in [0.1, 0.15) is 18.2 Å². The fourth-order valence-corrected chi connectivity index (χ4v) is 2.06. The Kier molecular flexibility index (Phi) is 3.06. The molecule has 1 aromatic heterocycles. The van der Waals surface area contributed by atoms with Gasteiger partial charge < -0.3 is 10.2 Å². The maximum absolute atomic E-state index is 10.4. The summed E-state index contributed by atoms with van der Waals surface area (Å²) in [5.74, 6) is -0.971. The van der Waals surface area contributed by atoms with Gasteiger partial charge in [0.15, 0.2) is 0 Å². The average Bonchev–Trinajstić information content (AvgIpc) is 2.34. The normalized spacial score (nSPS) is 15.2. The lowest BCUT2D eigenvalue weighted by Crippen LogP contribution is -2.30. The molecule has 1 atom stereocenters. The standard InChI is InChI=1S/C9H12O3S/c1-9(12,6-8(10)11)5-7-3-2-4-13-7/h2-4,12H,5-6H2,1H3,(H,10,11). The van der Waals surface area contributed by atoms with E-state index in [-0.39, 0.29) is 6.42 Å². The average molecular weight is 200 g/mol. The minimum absolute atomic E-state index is 0.217. The van der Waals surface area contributed by atoms with Crippen molar-refractivity contribution in [1.29, 1.82) is 0 Å². The van der Waals surface area contributed by atoms with Gasteiger partial charge in [0.2, 0.25) is 0 Å². The van der Waals surface area contributed by atoms with E-state index in [0.717, 1.165) is 4.88 Å². The molecule has 0 aliphatic rings. The van der Waals surface area contributed by atoms with Crippen molar-refractivity contribution in [2.75, 3.05) is 0 Å². The Morgan fingerprint density at radius 2 is 2.38 bits per heavy atom. The Morgan fingerprint density at radius 1 is 1.69 bits per heavy atom. The van der Waals surface area contributed by atoms with Crippen molar-refractivity contribution in [3.8, 4) is 0 Å². The summed E-state index contributed by atoms with van der Waals surface area (Å²) >= 11 is 1.52. The summed E-state index contributed by atoms with van der Waals surface area (Å²) in [6.45, 7) is 1.54. The molecular formula is C9H12O3S. The number of carbonyl (C=O) groups is 1. The van der Waals surface area contributed by atoms with Gasteiger partial charge in [0.05, 0.1) is 12.0 Å². The lowest BCUT2D eigenvalue weighted by Gasteiger charge is -2.19. The van der Waals surface area contributed by atoms with Gasteiger partial charge >= 0.3 is 5.97 Å². The fraction of sp³-hybridized carbons (Fsp3) is 0.444. The van der Waals surface area contributed by atoms with Gasteiger partial charge in [-0.15, -0.1) is 11.3 Å². The van der Waals surface area contributed by atoms with E-state index in [1.165, 1.54) is 11.3 Å². The summed E-state index contributed by atoms with van der Waals surface area (Å²) in [6.07, 6.45) is 0.182. The summed E-state index contributed by atoms with van der Waals surface area (Å²) in [6, 6.07) is 3.78. The molecular weight excluding hydrogens is 188 g/mol. The highest BCUT2D eigenvalue weighted by atomic mass is 32.1. The van der Waals surface area contributed by atoms with Crippen molar-refractivity contribution in [3.63, 3.8) is 0 Å². The first kappa shape index (κ1) is 10.2. The molecule has 0 saturated heterocycles. The summed E-state index contributed by atoms with van der Waals surface area (Å²) in [5, 5.41) is 20.1. The second-order valence-electron chi connectivity index (χ2n) is 3.32. The van der Waals surface area contributed by atoms with Crippen LogP contribution in [-0.2, 0) is 11.2 Å². The molecule has 0 amide bonds. The summed E-state index contributed by atoms with van der Waals surface area (Å²) in [4.78, 5) is 11.4. The highest BCUT2D eigenvalue weighted by Crippen LogP contribution is 2.20. The minimum atomic E-state index is -1.14. The van der Waals surface area contributed by atoms with Crippen molar-refractivity contribution in [2.45, 2.75) is 25.4 Å². The van der Waals surface area contributed by atoms with E-state index in [1.54, 1.807) is 6.92 Å². The Morgan fingerprint density at radius 3 is 2.85 bits per heavy atom. The first-order valence-corrected chi connectivity index (χ1v) is 4.84. The van der Waals surface area contributed by atoms with E-state index in [2.05, 4.69) is 0 Å². The van der Waals surface area contributed by atoms with Gasteiger partial charge in [0, 0.05) is 11.3 Å². The lowest BCUT2D eigenvalue weighted by atomic mass is 9.97. The molecule has 1 aromatic rings. The van der Waals surface area contributed by atoms with E-state index in [9.17, 15) is 9.90 Å². The first-order chi connectivity index (χ1) is 5.99. The Labute approximate surface area is 80.6 Å². The zero-order valence-electron chi connectivity index (χ0n) is 7.36. The molecule has 0 aromatic carbocycles. The van der Waals surface area contributed by atoms with Crippen LogP contribution in [0, 0.1) is 0 Å².